The molecule has 1 rings (SSSR count). The van der Waals surface area contributed by atoms with Crippen LogP contribution in [0.3, 0.4) is 0 Å². The van der Waals surface area contributed by atoms with Crippen molar-refractivity contribution in [3.8, 4) is 0 Å². The molecule has 0 aromatic rings. The summed E-state index contributed by atoms with van der Waals surface area (Å²) in [6.07, 6.45) is 1.33. The molecule has 2 atom stereocenters. The van der Waals surface area contributed by atoms with E-state index >= 15 is 0 Å². The summed E-state index contributed by atoms with van der Waals surface area (Å²) in [6.45, 7) is 13.5. The maximum absolute atomic E-state index is 6.01. The van der Waals surface area contributed by atoms with Crippen molar-refractivity contribution in [3.63, 3.8) is 0 Å². The van der Waals surface area contributed by atoms with Gasteiger partial charge in [-0.15, -0.1) is 0 Å². The Morgan fingerprint density at radius 3 is 2.38 bits per heavy atom. The highest BCUT2D eigenvalue weighted by molar-refractivity contribution is 5.85. The predicted octanol–water partition coefficient (Wildman–Crippen LogP) is 2.59. The van der Waals surface area contributed by atoms with Crippen LogP contribution in [-0.2, 0) is 4.74 Å². The Balaban J connectivity index is 2.67. The predicted molar refractivity (Wildman–Crippen MR) is 68.7 cm³/mol. The van der Waals surface area contributed by atoms with Crippen molar-refractivity contribution in [2.45, 2.75) is 60.1 Å². The second kappa shape index (κ2) is 4.36. The standard InChI is InChI=1S/C13H26N2O/c1-7-16-10-8-9(13(10,5)6)15-11(14)12(2,3)4/h9-10H,7-8H2,1-6H3,(H2,14,15). The lowest BCUT2D eigenvalue weighted by Crippen LogP contribution is -2.54. The third kappa shape index (κ3) is 2.57. The second-order valence-corrected chi connectivity index (χ2v) is 6.28. The summed E-state index contributed by atoms with van der Waals surface area (Å²) in [7, 11) is 0. The topological polar surface area (TPSA) is 47.6 Å². The summed E-state index contributed by atoms with van der Waals surface area (Å²) < 4.78 is 5.68. The fourth-order valence-corrected chi connectivity index (χ4v) is 1.93. The molecule has 2 unspecified atom stereocenters. The molecule has 16 heavy (non-hydrogen) atoms. The molecule has 1 aliphatic carbocycles. The first-order valence-electron chi connectivity index (χ1n) is 6.15. The van der Waals surface area contributed by atoms with Gasteiger partial charge < -0.3 is 10.5 Å². The van der Waals surface area contributed by atoms with Gasteiger partial charge in [0.25, 0.3) is 0 Å². The summed E-state index contributed by atoms with van der Waals surface area (Å²) >= 11 is 0. The number of hydrogen-bond acceptors (Lipinski definition) is 2. The van der Waals surface area contributed by atoms with Crippen LogP contribution in [0.1, 0.15) is 48.0 Å². The summed E-state index contributed by atoms with van der Waals surface area (Å²) in [5.74, 6) is 0.750. The molecule has 3 nitrogen and oxygen atoms in total. The highest BCUT2D eigenvalue weighted by atomic mass is 16.5. The van der Waals surface area contributed by atoms with Crippen LogP contribution in [0.15, 0.2) is 4.99 Å². The van der Waals surface area contributed by atoms with Crippen molar-refractivity contribution in [1.82, 2.24) is 0 Å². The minimum atomic E-state index is -0.0349. The lowest BCUT2D eigenvalue weighted by atomic mass is 9.64. The van der Waals surface area contributed by atoms with Crippen LogP contribution >= 0.6 is 0 Å². The largest absolute Gasteiger partial charge is 0.387 e. The average Bonchev–Trinajstić information content (AvgIpc) is 2.14. The highest BCUT2D eigenvalue weighted by Crippen LogP contribution is 2.45. The van der Waals surface area contributed by atoms with Gasteiger partial charge in [-0.3, -0.25) is 4.99 Å². The van der Waals surface area contributed by atoms with Crippen molar-refractivity contribution >= 4 is 5.84 Å². The van der Waals surface area contributed by atoms with Gasteiger partial charge in [-0.2, -0.15) is 0 Å². The molecule has 1 aliphatic rings. The molecule has 0 saturated heterocycles. The van der Waals surface area contributed by atoms with Crippen LogP contribution in [0.2, 0.25) is 0 Å². The molecule has 0 spiro atoms. The van der Waals surface area contributed by atoms with E-state index in [1.54, 1.807) is 0 Å². The minimum absolute atomic E-state index is 0.0349. The van der Waals surface area contributed by atoms with Crippen molar-refractivity contribution in [1.29, 1.82) is 0 Å². The van der Waals surface area contributed by atoms with Crippen LogP contribution in [0.25, 0.3) is 0 Å². The van der Waals surface area contributed by atoms with Crippen LogP contribution in [-0.4, -0.2) is 24.6 Å². The van der Waals surface area contributed by atoms with Gasteiger partial charge in [0, 0.05) is 17.4 Å². The lowest BCUT2D eigenvalue weighted by Gasteiger charge is -2.49. The number of amidine groups is 1. The first kappa shape index (κ1) is 13.5. The Kier molecular flexibility index (Phi) is 3.68. The molecule has 0 bridgehead atoms. The number of ether oxygens (including phenoxy) is 1. The molecule has 94 valence electrons. The Hall–Kier alpha value is -0.570. The molecule has 0 aromatic heterocycles. The highest BCUT2D eigenvalue weighted by Gasteiger charge is 2.49. The quantitative estimate of drug-likeness (QED) is 0.594. The van der Waals surface area contributed by atoms with Crippen LogP contribution in [0.4, 0.5) is 0 Å². The zero-order valence-corrected chi connectivity index (χ0v) is 11.5. The number of rotatable bonds is 3. The van der Waals surface area contributed by atoms with Crippen molar-refractivity contribution < 1.29 is 4.74 Å². The molecule has 1 fully saturated rings. The molecule has 0 radical (unpaired) electrons. The van der Waals surface area contributed by atoms with Gasteiger partial charge in [0.05, 0.1) is 18.0 Å². The van der Waals surface area contributed by atoms with E-state index < -0.39 is 0 Å². The van der Waals surface area contributed by atoms with E-state index in [9.17, 15) is 0 Å². The van der Waals surface area contributed by atoms with Crippen molar-refractivity contribution in [2.75, 3.05) is 6.61 Å². The molecular weight excluding hydrogens is 200 g/mol. The van der Waals surface area contributed by atoms with Crippen molar-refractivity contribution in [3.05, 3.63) is 0 Å². The molecule has 3 heteroatoms. The molecule has 0 aliphatic heterocycles. The van der Waals surface area contributed by atoms with Crippen LogP contribution in [0.5, 0.6) is 0 Å². The average molecular weight is 226 g/mol. The molecule has 2 N–H and O–H groups in total. The second-order valence-electron chi connectivity index (χ2n) is 6.28. The maximum atomic E-state index is 6.01. The number of hydrogen-bond donors (Lipinski definition) is 1. The van der Waals surface area contributed by atoms with Gasteiger partial charge >= 0.3 is 0 Å². The monoisotopic (exact) mass is 226 g/mol. The Morgan fingerprint density at radius 1 is 1.44 bits per heavy atom. The van der Waals surface area contributed by atoms with Gasteiger partial charge in [-0.25, -0.2) is 0 Å². The zero-order chi connectivity index (χ0) is 12.6. The zero-order valence-electron chi connectivity index (χ0n) is 11.5. The van der Waals surface area contributed by atoms with Crippen LogP contribution < -0.4 is 5.73 Å². The molecule has 0 amide bonds. The van der Waals surface area contributed by atoms with E-state index in [2.05, 4.69) is 39.6 Å². The van der Waals surface area contributed by atoms with Gasteiger partial charge in [-0.1, -0.05) is 34.6 Å². The SMILES string of the molecule is CCOC1CC(N=C(N)C(C)(C)C)C1(C)C. The number of aliphatic imine (C=N–C) groups is 1. The first-order chi connectivity index (χ1) is 7.19. The van der Waals surface area contributed by atoms with Gasteiger partial charge in [0.1, 0.15) is 0 Å². The fourth-order valence-electron chi connectivity index (χ4n) is 1.93. The summed E-state index contributed by atoms with van der Waals surface area (Å²) in [6, 6.07) is 0.309. The van der Waals surface area contributed by atoms with E-state index in [0.29, 0.717) is 12.1 Å². The Bertz CT molecular complexity index is 276. The lowest BCUT2D eigenvalue weighted by molar-refractivity contribution is -0.103. The normalized spacial score (nSPS) is 30.0. The van der Waals surface area contributed by atoms with E-state index in [1.165, 1.54) is 0 Å². The third-order valence-corrected chi connectivity index (χ3v) is 3.56. The molecule has 0 aromatic carbocycles. The maximum Gasteiger partial charge on any atom is 0.0995 e. The smallest absolute Gasteiger partial charge is 0.0995 e. The third-order valence-electron chi connectivity index (χ3n) is 3.56. The van der Waals surface area contributed by atoms with Gasteiger partial charge in [-0.05, 0) is 13.3 Å². The van der Waals surface area contributed by atoms with E-state index in [1.807, 2.05) is 6.92 Å². The number of nitrogens with zero attached hydrogens (tertiary/aromatic N) is 1. The molecular formula is C13H26N2O. The van der Waals surface area contributed by atoms with E-state index in [-0.39, 0.29) is 10.8 Å². The fraction of sp³-hybridized carbons (Fsp3) is 0.923. The Morgan fingerprint density at radius 2 is 2.00 bits per heavy atom. The first-order valence-corrected chi connectivity index (χ1v) is 6.15. The van der Waals surface area contributed by atoms with Crippen molar-refractivity contribution in [2.24, 2.45) is 21.6 Å². The van der Waals surface area contributed by atoms with E-state index in [4.69, 9.17) is 10.5 Å². The number of nitrogens with two attached hydrogens (primary N) is 1. The summed E-state index contributed by atoms with van der Waals surface area (Å²) in [5.41, 5.74) is 6.09. The Labute approximate surface area is 99.5 Å². The van der Waals surface area contributed by atoms with Gasteiger partial charge in [0.15, 0.2) is 0 Å². The van der Waals surface area contributed by atoms with Gasteiger partial charge in [0.2, 0.25) is 0 Å². The van der Waals surface area contributed by atoms with E-state index in [0.717, 1.165) is 18.9 Å². The summed E-state index contributed by atoms with van der Waals surface area (Å²) in [5, 5.41) is 0. The molecule has 1 saturated carbocycles. The summed E-state index contributed by atoms with van der Waals surface area (Å²) in [4.78, 5) is 4.65. The van der Waals surface area contributed by atoms with Crippen LogP contribution in [0, 0.1) is 10.8 Å². The molecule has 0 heterocycles. The minimum Gasteiger partial charge on any atom is -0.387 e.